The van der Waals surface area contributed by atoms with E-state index in [9.17, 15) is 9.18 Å². The van der Waals surface area contributed by atoms with Crippen molar-refractivity contribution in [1.82, 2.24) is 4.90 Å². The van der Waals surface area contributed by atoms with Gasteiger partial charge in [0, 0.05) is 25.4 Å². The molecule has 2 aromatic carbocycles. The van der Waals surface area contributed by atoms with Crippen molar-refractivity contribution in [1.29, 1.82) is 0 Å². The molecule has 3 nitrogen and oxygen atoms in total. The minimum atomic E-state index is -0.283. The second-order valence-corrected chi connectivity index (χ2v) is 4.82. The van der Waals surface area contributed by atoms with Crippen molar-refractivity contribution < 1.29 is 9.18 Å². The number of anilines is 1. The Kier molecular flexibility index (Phi) is 4.72. The second kappa shape index (κ2) is 6.70. The second-order valence-electron chi connectivity index (χ2n) is 4.82. The van der Waals surface area contributed by atoms with Crippen LogP contribution in [-0.2, 0) is 11.3 Å². The number of hydrogen-bond donors (Lipinski definition) is 1. The van der Waals surface area contributed by atoms with Crippen LogP contribution in [0.25, 0.3) is 6.08 Å². The van der Waals surface area contributed by atoms with Crippen LogP contribution in [0.3, 0.4) is 0 Å². The summed E-state index contributed by atoms with van der Waals surface area (Å²) < 4.78 is 12.8. The topological polar surface area (TPSA) is 46.3 Å². The Morgan fingerprint density at radius 3 is 2.62 bits per heavy atom. The van der Waals surface area contributed by atoms with Crippen LogP contribution < -0.4 is 5.73 Å². The summed E-state index contributed by atoms with van der Waals surface area (Å²) in [4.78, 5) is 13.6. The highest BCUT2D eigenvalue weighted by molar-refractivity contribution is 5.91. The fourth-order valence-electron chi connectivity index (χ4n) is 1.90. The molecule has 0 heterocycles. The Morgan fingerprint density at radius 2 is 1.95 bits per heavy atom. The minimum absolute atomic E-state index is 0.123. The highest BCUT2D eigenvalue weighted by atomic mass is 19.1. The molecular formula is C17H17FN2O. The summed E-state index contributed by atoms with van der Waals surface area (Å²) in [7, 11) is 1.70. The number of rotatable bonds is 4. The van der Waals surface area contributed by atoms with Gasteiger partial charge in [-0.15, -0.1) is 0 Å². The van der Waals surface area contributed by atoms with Gasteiger partial charge in [-0.1, -0.05) is 24.3 Å². The largest absolute Gasteiger partial charge is 0.399 e. The smallest absolute Gasteiger partial charge is 0.246 e. The minimum Gasteiger partial charge on any atom is -0.399 e. The zero-order valence-electron chi connectivity index (χ0n) is 11.8. The molecule has 108 valence electrons. The maximum Gasteiger partial charge on any atom is 0.246 e. The first-order chi connectivity index (χ1) is 10.0. The summed E-state index contributed by atoms with van der Waals surface area (Å²) in [6.07, 6.45) is 3.22. The van der Waals surface area contributed by atoms with Crippen LogP contribution in [-0.4, -0.2) is 17.9 Å². The van der Waals surface area contributed by atoms with Gasteiger partial charge in [0.25, 0.3) is 0 Å². The van der Waals surface area contributed by atoms with Gasteiger partial charge in [0.15, 0.2) is 0 Å². The lowest BCUT2D eigenvalue weighted by Crippen LogP contribution is -2.24. The summed E-state index contributed by atoms with van der Waals surface area (Å²) >= 11 is 0. The molecule has 0 aliphatic heterocycles. The van der Waals surface area contributed by atoms with Crippen LogP contribution >= 0.6 is 0 Å². The van der Waals surface area contributed by atoms with E-state index in [-0.39, 0.29) is 11.7 Å². The van der Waals surface area contributed by atoms with Crippen molar-refractivity contribution in [3.8, 4) is 0 Å². The molecule has 2 N–H and O–H groups in total. The molecule has 0 saturated carbocycles. The summed E-state index contributed by atoms with van der Waals surface area (Å²) in [5, 5.41) is 0. The van der Waals surface area contributed by atoms with Crippen LogP contribution in [0.1, 0.15) is 11.1 Å². The van der Waals surface area contributed by atoms with Gasteiger partial charge in [0.2, 0.25) is 5.91 Å². The summed E-state index contributed by atoms with van der Waals surface area (Å²) in [6.45, 7) is 0.431. The molecule has 0 atom stereocenters. The Morgan fingerprint density at radius 1 is 1.24 bits per heavy atom. The van der Waals surface area contributed by atoms with Crippen molar-refractivity contribution in [3.63, 3.8) is 0 Å². The van der Waals surface area contributed by atoms with E-state index in [0.717, 1.165) is 11.1 Å². The predicted molar refractivity (Wildman–Crippen MR) is 82.8 cm³/mol. The van der Waals surface area contributed by atoms with E-state index in [4.69, 9.17) is 5.73 Å². The lowest BCUT2D eigenvalue weighted by atomic mass is 10.2. The highest BCUT2D eigenvalue weighted by Crippen LogP contribution is 2.09. The van der Waals surface area contributed by atoms with Gasteiger partial charge in [0.1, 0.15) is 5.82 Å². The van der Waals surface area contributed by atoms with Crippen molar-refractivity contribution in [3.05, 3.63) is 71.6 Å². The highest BCUT2D eigenvalue weighted by Gasteiger charge is 2.05. The average Bonchev–Trinajstić information content (AvgIpc) is 2.47. The standard InChI is InChI=1S/C17H17FN2O/c1-20(12-14-5-8-15(18)9-6-14)17(21)10-7-13-3-2-4-16(19)11-13/h2-11H,12,19H2,1H3/b10-7+. The Hall–Kier alpha value is -2.62. The monoisotopic (exact) mass is 284 g/mol. The molecular weight excluding hydrogens is 267 g/mol. The van der Waals surface area contributed by atoms with Crippen molar-refractivity contribution in [2.45, 2.75) is 6.54 Å². The molecule has 2 rings (SSSR count). The van der Waals surface area contributed by atoms with Gasteiger partial charge in [-0.25, -0.2) is 4.39 Å². The third kappa shape index (κ3) is 4.45. The molecule has 2 aromatic rings. The van der Waals surface area contributed by atoms with Gasteiger partial charge < -0.3 is 10.6 Å². The zero-order valence-corrected chi connectivity index (χ0v) is 11.8. The molecule has 0 unspecified atom stereocenters. The first-order valence-electron chi connectivity index (χ1n) is 6.58. The third-order valence-corrected chi connectivity index (χ3v) is 3.04. The number of benzene rings is 2. The van der Waals surface area contributed by atoms with Crippen molar-refractivity contribution in [2.24, 2.45) is 0 Å². The average molecular weight is 284 g/mol. The number of carbonyl (C=O) groups is 1. The maximum absolute atomic E-state index is 12.8. The number of hydrogen-bond acceptors (Lipinski definition) is 2. The summed E-state index contributed by atoms with van der Waals surface area (Å²) in [6, 6.07) is 13.4. The van der Waals surface area contributed by atoms with E-state index in [0.29, 0.717) is 12.2 Å². The quantitative estimate of drug-likeness (QED) is 0.692. The van der Waals surface area contributed by atoms with E-state index < -0.39 is 0 Å². The molecule has 0 aliphatic carbocycles. The molecule has 1 amide bonds. The van der Waals surface area contributed by atoms with E-state index in [2.05, 4.69) is 0 Å². The van der Waals surface area contributed by atoms with Gasteiger partial charge in [0.05, 0.1) is 0 Å². The first kappa shape index (κ1) is 14.8. The zero-order chi connectivity index (χ0) is 15.2. The predicted octanol–water partition coefficient (Wildman–Crippen LogP) is 3.08. The van der Waals surface area contributed by atoms with Gasteiger partial charge >= 0.3 is 0 Å². The van der Waals surface area contributed by atoms with Crippen LogP contribution in [0.4, 0.5) is 10.1 Å². The van der Waals surface area contributed by atoms with Crippen LogP contribution in [0.5, 0.6) is 0 Å². The van der Waals surface area contributed by atoms with Crippen LogP contribution in [0.15, 0.2) is 54.6 Å². The Balaban J connectivity index is 1.97. The third-order valence-electron chi connectivity index (χ3n) is 3.04. The molecule has 21 heavy (non-hydrogen) atoms. The fourth-order valence-corrected chi connectivity index (χ4v) is 1.90. The SMILES string of the molecule is CN(Cc1ccc(F)cc1)C(=O)/C=C/c1cccc(N)c1. The number of carbonyl (C=O) groups excluding carboxylic acids is 1. The van der Waals surface area contributed by atoms with E-state index >= 15 is 0 Å². The summed E-state index contributed by atoms with van der Waals surface area (Å²) in [5.41, 5.74) is 8.09. The Bertz CT molecular complexity index is 650. The normalized spacial score (nSPS) is 10.8. The van der Waals surface area contributed by atoms with Gasteiger partial charge in [-0.05, 0) is 41.5 Å². The van der Waals surface area contributed by atoms with Gasteiger partial charge in [-0.3, -0.25) is 4.79 Å². The van der Waals surface area contributed by atoms with E-state index in [1.807, 2.05) is 12.1 Å². The van der Waals surface area contributed by atoms with Crippen molar-refractivity contribution in [2.75, 3.05) is 12.8 Å². The number of nitrogens with zero attached hydrogens (tertiary/aromatic N) is 1. The molecule has 0 bridgehead atoms. The number of halogens is 1. The van der Waals surface area contributed by atoms with Crippen molar-refractivity contribution >= 4 is 17.7 Å². The molecule has 0 spiro atoms. The first-order valence-corrected chi connectivity index (χ1v) is 6.58. The fraction of sp³-hybridized carbons (Fsp3) is 0.118. The molecule has 4 heteroatoms. The van der Waals surface area contributed by atoms with E-state index in [1.165, 1.54) is 18.2 Å². The number of nitrogens with two attached hydrogens (primary N) is 1. The van der Waals surface area contributed by atoms with Crippen LogP contribution in [0.2, 0.25) is 0 Å². The van der Waals surface area contributed by atoms with Gasteiger partial charge in [-0.2, -0.15) is 0 Å². The molecule has 0 aliphatic rings. The lowest BCUT2D eigenvalue weighted by Gasteiger charge is -2.15. The summed E-state index contributed by atoms with van der Waals surface area (Å²) in [5.74, 6) is -0.406. The molecule has 0 saturated heterocycles. The lowest BCUT2D eigenvalue weighted by molar-refractivity contribution is -0.125. The number of nitrogen functional groups attached to an aromatic ring is 1. The molecule has 0 radical (unpaired) electrons. The maximum atomic E-state index is 12.8. The van der Waals surface area contributed by atoms with Crippen LogP contribution in [0, 0.1) is 5.82 Å². The molecule has 0 fully saturated rings. The Labute approximate surface area is 123 Å². The number of likely N-dealkylation sites (N-methyl/N-ethyl adjacent to an activating group) is 1. The number of amides is 1. The molecule has 0 aromatic heterocycles. The van der Waals surface area contributed by atoms with E-state index in [1.54, 1.807) is 42.3 Å².